The largest absolute Gasteiger partial charge is 0.491 e. The average molecular weight is 348 g/mol. The predicted molar refractivity (Wildman–Crippen MR) is 93.5 cm³/mol. The van der Waals surface area contributed by atoms with Gasteiger partial charge in [0.15, 0.2) is 11.6 Å². The molecule has 1 aromatic carbocycles. The first-order valence-electron chi connectivity index (χ1n) is 9.32. The van der Waals surface area contributed by atoms with Crippen LogP contribution in [0.1, 0.15) is 56.9 Å². The molecule has 0 aromatic heterocycles. The SMILES string of the molecule is C#CC1CCC(C2CCC(c3ccc(OCC)c(F)c3F)CC2)CO1. The van der Waals surface area contributed by atoms with E-state index < -0.39 is 11.6 Å². The lowest BCUT2D eigenvalue weighted by Gasteiger charge is -2.37. The summed E-state index contributed by atoms with van der Waals surface area (Å²) in [6.45, 7) is 2.81. The summed E-state index contributed by atoms with van der Waals surface area (Å²) in [6.07, 6.45) is 11.3. The van der Waals surface area contributed by atoms with Crippen LogP contribution in [0, 0.1) is 35.8 Å². The summed E-state index contributed by atoms with van der Waals surface area (Å²) in [6, 6.07) is 3.24. The maximum atomic E-state index is 14.4. The molecule has 2 aliphatic rings. The Bertz CT molecular complexity index is 622. The van der Waals surface area contributed by atoms with Gasteiger partial charge in [0.25, 0.3) is 0 Å². The van der Waals surface area contributed by atoms with Crippen molar-refractivity contribution in [3.05, 3.63) is 29.3 Å². The Kier molecular flexibility index (Phi) is 5.96. The van der Waals surface area contributed by atoms with Crippen LogP contribution >= 0.6 is 0 Å². The quantitative estimate of drug-likeness (QED) is 0.708. The third-order valence-electron chi connectivity index (χ3n) is 5.75. The van der Waals surface area contributed by atoms with Crippen molar-refractivity contribution >= 4 is 0 Å². The number of halogens is 2. The molecule has 2 fully saturated rings. The monoisotopic (exact) mass is 348 g/mol. The fraction of sp³-hybridized carbons (Fsp3) is 0.619. The molecule has 3 rings (SSSR count). The van der Waals surface area contributed by atoms with Gasteiger partial charge in [-0.3, -0.25) is 0 Å². The van der Waals surface area contributed by atoms with Crippen molar-refractivity contribution < 1.29 is 18.3 Å². The van der Waals surface area contributed by atoms with Crippen LogP contribution in [0.5, 0.6) is 5.75 Å². The van der Waals surface area contributed by atoms with Gasteiger partial charge < -0.3 is 9.47 Å². The number of rotatable bonds is 4. The highest BCUT2D eigenvalue weighted by Gasteiger charge is 2.32. The fourth-order valence-electron chi connectivity index (χ4n) is 4.31. The van der Waals surface area contributed by atoms with Gasteiger partial charge in [-0.1, -0.05) is 12.0 Å². The lowest BCUT2D eigenvalue weighted by atomic mass is 9.72. The summed E-state index contributed by atoms with van der Waals surface area (Å²) < 4.78 is 39.4. The van der Waals surface area contributed by atoms with E-state index in [4.69, 9.17) is 15.9 Å². The predicted octanol–water partition coefficient (Wildman–Crippen LogP) is 5.07. The smallest absolute Gasteiger partial charge is 0.200 e. The summed E-state index contributed by atoms with van der Waals surface area (Å²) in [5.41, 5.74) is 0.492. The summed E-state index contributed by atoms with van der Waals surface area (Å²) in [7, 11) is 0. The van der Waals surface area contributed by atoms with E-state index in [2.05, 4.69) is 5.92 Å². The van der Waals surface area contributed by atoms with Crippen molar-refractivity contribution in [2.24, 2.45) is 11.8 Å². The normalized spacial score (nSPS) is 29.8. The molecule has 2 nitrogen and oxygen atoms in total. The van der Waals surface area contributed by atoms with Crippen molar-refractivity contribution in [2.75, 3.05) is 13.2 Å². The van der Waals surface area contributed by atoms with Gasteiger partial charge in [-0.2, -0.15) is 4.39 Å². The van der Waals surface area contributed by atoms with Gasteiger partial charge in [-0.15, -0.1) is 6.42 Å². The highest BCUT2D eigenvalue weighted by atomic mass is 19.2. The second kappa shape index (κ2) is 8.19. The van der Waals surface area contributed by atoms with Gasteiger partial charge in [-0.25, -0.2) is 4.39 Å². The molecule has 1 aromatic rings. The van der Waals surface area contributed by atoms with Crippen molar-refractivity contribution in [1.82, 2.24) is 0 Å². The second-order valence-corrected chi connectivity index (χ2v) is 7.15. The molecule has 1 aliphatic carbocycles. The molecule has 4 heteroatoms. The maximum absolute atomic E-state index is 14.4. The molecule has 0 N–H and O–H groups in total. The minimum Gasteiger partial charge on any atom is -0.491 e. The molecule has 0 bridgehead atoms. The van der Waals surface area contributed by atoms with Crippen molar-refractivity contribution in [3.8, 4) is 18.1 Å². The van der Waals surface area contributed by atoms with Gasteiger partial charge in [0.05, 0.1) is 13.2 Å². The van der Waals surface area contributed by atoms with E-state index in [9.17, 15) is 8.78 Å². The fourth-order valence-corrected chi connectivity index (χ4v) is 4.31. The van der Waals surface area contributed by atoms with Crippen LogP contribution in [0.3, 0.4) is 0 Å². The first-order chi connectivity index (χ1) is 12.1. The third-order valence-corrected chi connectivity index (χ3v) is 5.75. The first-order valence-corrected chi connectivity index (χ1v) is 9.32. The molecule has 2 unspecified atom stereocenters. The topological polar surface area (TPSA) is 18.5 Å². The van der Waals surface area contributed by atoms with E-state index in [0.717, 1.165) is 45.1 Å². The van der Waals surface area contributed by atoms with Crippen LogP contribution in [0.25, 0.3) is 0 Å². The molecule has 0 radical (unpaired) electrons. The van der Waals surface area contributed by atoms with Gasteiger partial charge in [-0.05, 0) is 74.8 Å². The van der Waals surface area contributed by atoms with Crippen molar-refractivity contribution in [3.63, 3.8) is 0 Å². The molecular weight excluding hydrogens is 322 g/mol. The highest BCUT2D eigenvalue weighted by Crippen LogP contribution is 2.42. The Morgan fingerprint density at radius 3 is 2.40 bits per heavy atom. The first kappa shape index (κ1) is 18.2. The van der Waals surface area contributed by atoms with Crippen molar-refractivity contribution in [2.45, 2.75) is 57.5 Å². The van der Waals surface area contributed by atoms with E-state index in [0.29, 0.717) is 24.0 Å². The molecule has 2 atom stereocenters. The van der Waals surface area contributed by atoms with E-state index in [1.165, 1.54) is 0 Å². The van der Waals surface area contributed by atoms with Crippen LogP contribution in [0.4, 0.5) is 8.78 Å². The van der Waals surface area contributed by atoms with Crippen molar-refractivity contribution in [1.29, 1.82) is 0 Å². The molecular formula is C21H26F2O2. The number of hydrogen-bond acceptors (Lipinski definition) is 2. The van der Waals surface area contributed by atoms with E-state index in [-0.39, 0.29) is 17.8 Å². The molecule has 0 amide bonds. The zero-order chi connectivity index (χ0) is 17.8. The lowest BCUT2D eigenvalue weighted by Crippen LogP contribution is -2.31. The Labute approximate surface area is 148 Å². The summed E-state index contributed by atoms with van der Waals surface area (Å²) >= 11 is 0. The van der Waals surface area contributed by atoms with Gasteiger partial charge in [0, 0.05) is 0 Å². The second-order valence-electron chi connectivity index (χ2n) is 7.15. The van der Waals surface area contributed by atoms with E-state index in [1.54, 1.807) is 19.1 Å². The van der Waals surface area contributed by atoms with E-state index >= 15 is 0 Å². The Hall–Kier alpha value is -1.60. The molecule has 0 spiro atoms. The minimum absolute atomic E-state index is 0.000132. The highest BCUT2D eigenvalue weighted by molar-refractivity contribution is 5.33. The Morgan fingerprint density at radius 2 is 1.80 bits per heavy atom. The van der Waals surface area contributed by atoms with E-state index in [1.807, 2.05) is 0 Å². The summed E-state index contributed by atoms with van der Waals surface area (Å²) in [5.74, 6) is 2.31. The minimum atomic E-state index is -0.859. The molecule has 1 saturated carbocycles. The zero-order valence-electron chi connectivity index (χ0n) is 14.8. The van der Waals surface area contributed by atoms with Crippen LogP contribution in [0.15, 0.2) is 12.1 Å². The number of terminal acetylenes is 1. The molecule has 1 saturated heterocycles. The molecule has 25 heavy (non-hydrogen) atoms. The average Bonchev–Trinajstić information content (AvgIpc) is 2.66. The number of hydrogen-bond donors (Lipinski definition) is 0. The molecule has 136 valence electrons. The molecule has 1 heterocycles. The summed E-state index contributed by atoms with van der Waals surface area (Å²) in [5, 5.41) is 0. The van der Waals surface area contributed by atoms with Crippen LogP contribution < -0.4 is 4.74 Å². The van der Waals surface area contributed by atoms with Crippen LogP contribution in [-0.2, 0) is 4.74 Å². The van der Waals surface area contributed by atoms with Crippen LogP contribution in [-0.4, -0.2) is 19.3 Å². The lowest BCUT2D eigenvalue weighted by molar-refractivity contribution is -0.0106. The Balaban J connectivity index is 1.59. The van der Waals surface area contributed by atoms with Gasteiger partial charge in [0.1, 0.15) is 6.10 Å². The molecule has 1 aliphatic heterocycles. The third kappa shape index (κ3) is 3.98. The van der Waals surface area contributed by atoms with Gasteiger partial charge in [0.2, 0.25) is 5.82 Å². The number of benzene rings is 1. The maximum Gasteiger partial charge on any atom is 0.200 e. The van der Waals surface area contributed by atoms with Crippen LogP contribution in [0.2, 0.25) is 0 Å². The standard InChI is InChI=1S/C21H26F2O2/c1-3-17-10-9-16(13-25-17)14-5-7-15(8-6-14)18-11-12-19(24-4-2)21(23)20(18)22/h1,11-12,14-17H,4-10,13H2,2H3. The zero-order valence-corrected chi connectivity index (χ0v) is 14.8. The van der Waals surface area contributed by atoms with Gasteiger partial charge >= 0.3 is 0 Å². The number of ether oxygens (including phenoxy) is 2. The summed E-state index contributed by atoms with van der Waals surface area (Å²) in [4.78, 5) is 0. The Morgan fingerprint density at radius 1 is 1.08 bits per heavy atom.